The quantitative estimate of drug-likeness (QED) is 0.701. The third-order valence-electron chi connectivity index (χ3n) is 2.90. The topological polar surface area (TPSA) is 35.2 Å². The molecule has 1 rings (SSSR count). The fraction of sp³-hybridized carbons (Fsp3) is 1.00. The van der Waals surface area contributed by atoms with Crippen molar-refractivity contribution in [2.45, 2.75) is 39.0 Å². The van der Waals surface area contributed by atoms with Crippen molar-refractivity contribution in [1.82, 2.24) is 0 Å². The van der Waals surface area contributed by atoms with E-state index in [1.165, 1.54) is 32.1 Å². The summed E-state index contributed by atoms with van der Waals surface area (Å²) in [4.78, 5) is 0. The van der Waals surface area contributed by atoms with Crippen LogP contribution in [-0.2, 0) is 4.74 Å². The molecule has 0 bridgehead atoms. The van der Waals surface area contributed by atoms with Gasteiger partial charge in [0, 0.05) is 18.6 Å². The van der Waals surface area contributed by atoms with Crippen LogP contribution in [0, 0.1) is 5.41 Å². The molecule has 1 fully saturated rings. The predicted molar refractivity (Wildman–Crippen MR) is 51.1 cm³/mol. The lowest BCUT2D eigenvalue weighted by Gasteiger charge is -2.36. The first-order chi connectivity index (χ1) is 5.83. The van der Waals surface area contributed by atoms with Crippen molar-refractivity contribution in [2.24, 2.45) is 11.1 Å². The Morgan fingerprint density at radius 3 is 2.83 bits per heavy atom. The Bertz CT molecular complexity index is 119. The van der Waals surface area contributed by atoms with Crippen LogP contribution in [0.15, 0.2) is 0 Å². The summed E-state index contributed by atoms with van der Waals surface area (Å²) >= 11 is 0. The molecule has 12 heavy (non-hydrogen) atoms. The summed E-state index contributed by atoms with van der Waals surface area (Å²) in [5, 5.41) is 0. The van der Waals surface area contributed by atoms with E-state index in [-0.39, 0.29) is 0 Å². The molecular weight excluding hydrogens is 150 g/mol. The van der Waals surface area contributed by atoms with Gasteiger partial charge in [-0.3, -0.25) is 0 Å². The van der Waals surface area contributed by atoms with Crippen LogP contribution < -0.4 is 5.73 Å². The van der Waals surface area contributed by atoms with Crippen molar-refractivity contribution in [1.29, 1.82) is 0 Å². The normalized spacial score (nSPS) is 30.5. The summed E-state index contributed by atoms with van der Waals surface area (Å²) in [6, 6.07) is 0. The zero-order valence-electron chi connectivity index (χ0n) is 8.14. The zero-order valence-corrected chi connectivity index (χ0v) is 8.14. The molecule has 2 heteroatoms. The van der Waals surface area contributed by atoms with Gasteiger partial charge in [0.1, 0.15) is 0 Å². The number of hydrogen-bond acceptors (Lipinski definition) is 2. The summed E-state index contributed by atoms with van der Waals surface area (Å²) in [6.45, 7) is 4.86. The maximum atomic E-state index is 5.80. The molecule has 0 amide bonds. The largest absolute Gasteiger partial charge is 0.381 e. The Balaban J connectivity index is 2.37. The third-order valence-corrected chi connectivity index (χ3v) is 2.90. The van der Waals surface area contributed by atoms with E-state index >= 15 is 0 Å². The molecule has 0 aromatic carbocycles. The number of unbranched alkanes of at least 4 members (excludes halogenated alkanes) is 1. The highest BCUT2D eigenvalue weighted by atomic mass is 16.5. The Kier molecular flexibility index (Phi) is 4.02. The molecule has 0 aromatic heterocycles. The van der Waals surface area contributed by atoms with Gasteiger partial charge < -0.3 is 10.5 Å². The van der Waals surface area contributed by atoms with Crippen LogP contribution in [0.1, 0.15) is 39.0 Å². The molecule has 1 heterocycles. The highest BCUT2D eigenvalue weighted by Gasteiger charge is 2.30. The van der Waals surface area contributed by atoms with Gasteiger partial charge >= 0.3 is 0 Å². The molecule has 0 aromatic rings. The summed E-state index contributed by atoms with van der Waals surface area (Å²) in [5.74, 6) is 0. The molecule has 2 N–H and O–H groups in total. The fourth-order valence-electron chi connectivity index (χ4n) is 1.92. The second-order valence-electron chi connectivity index (χ2n) is 3.96. The fourth-order valence-corrected chi connectivity index (χ4v) is 1.92. The van der Waals surface area contributed by atoms with E-state index in [1.807, 2.05) is 0 Å². The van der Waals surface area contributed by atoms with Gasteiger partial charge in [-0.05, 0) is 19.3 Å². The number of hydrogen-bond donors (Lipinski definition) is 1. The lowest BCUT2D eigenvalue weighted by atomic mass is 9.78. The summed E-state index contributed by atoms with van der Waals surface area (Å²) < 4.78 is 5.49. The van der Waals surface area contributed by atoms with Crippen molar-refractivity contribution in [3.8, 4) is 0 Å². The van der Waals surface area contributed by atoms with E-state index in [1.54, 1.807) is 0 Å². The van der Waals surface area contributed by atoms with E-state index in [0.29, 0.717) is 5.41 Å². The average molecular weight is 171 g/mol. The molecule has 1 atom stereocenters. The summed E-state index contributed by atoms with van der Waals surface area (Å²) in [5.41, 5.74) is 6.13. The minimum absolute atomic E-state index is 0.328. The molecule has 0 radical (unpaired) electrons. The van der Waals surface area contributed by atoms with Gasteiger partial charge in [0.05, 0.1) is 6.61 Å². The maximum absolute atomic E-state index is 5.80. The lowest BCUT2D eigenvalue weighted by Crippen LogP contribution is -2.38. The Morgan fingerprint density at radius 2 is 2.33 bits per heavy atom. The van der Waals surface area contributed by atoms with E-state index in [4.69, 9.17) is 10.5 Å². The van der Waals surface area contributed by atoms with Gasteiger partial charge in [0.2, 0.25) is 0 Å². The molecule has 72 valence electrons. The second kappa shape index (κ2) is 4.83. The lowest BCUT2D eigenvalue weighted by molar-refractivity contribution is -0.00851. The minimum Gasteiger partial charge on any atom is -0.381 e. The highest BCUT2D eigenvalue weighted by molar-refractivity contribution is 4.82. The van der Waals surface area contributed by atoms with Crippen LogP contribution in [-0.4, -0.2) is 19.8 Å². The predicted octanol–water partition coefficient (Wildman–Crippen LogP) is 1.93. The van der Waals surface area contributed by atoms with Gasteiger partial charge in [-0.25, -0.2) is 0 Å². The van der Waals surface area contributed by atoms with Gasteiger partial charge in [-0.1, -0.05) is 19.8 Å². The molecule has 1 aliphatic heterocycles. The molecule has 0 saturated carbocycles. The average Bonchev–Trinajstić information content (AvgIpc) is 2.16. The number of rotatable bonds is 4. The first kappa shape index (κ1) is 10.0. The minimum atomic E-state index is 0.328. The molecule has 0 spiro atoms. The van der Waals surface area contributed by atoms with Crippen molar-refractivity contribution in [2.75, 3.05) is 19.8 Å². The van der Waals surface area contributed by atoms with Crippen LogP contribution in [0.25, 0.3) is 0 Å². The number of ether oxygens (including phenoxy) is 1. The molecule has 1 unspecified atom stereocenters. The van der Waals surface area contributed by atoms with Crippen molar-refractivity contribution < 1.29 is 4.74 Å². The van der Waals surface area contributed by atoms with Crippen LogP contribution in [0.2, 0.25) is 0 Å². The van der Waals surface area contributed by atoms with E-state index in [0.717, 1.165) is 19.8 Å². The van der Waals surface area contributed by atoms with E-state index in [2.05, 4.69) is 6.92 Å². The second-order valence-corrected chi connectivity index (χ2v) is 3.96. The first-order valence-electron chi connectivity index (χ1n) is 5.11. The van der Waals surface area contributed by atoms with Crippen LogP contribution >= 0.6 is 0 Å². The molecule has 2 nitrogen and oxygen atoms in total. The molecule has 1 saturated heterocycles. The molecule has 0 aliphatic carbocycles. The smallest absolute Gasteiger partial charge is 0.0534 e. The van der Waals surface area contributed by atoms with Crippen LogP contribution in [0.5, 0.6) is 0 Å². The van der Waals surface area contributed by atoms with Gasteiger partial charge in [0.15, 0.2) is 0 Å². The van der Waals surface area contributed by atoms with Crippen LogP contribution in [0.4, 0.5) is 0 Å². The maximum Gasteiger partial charge on any atom is 0.0534 e. The van der Waals surface area contributed by atoms with Crippen molar-refractivity contribution in [3.05, 3.63) is 0 Å². The van der Waals surface area contributed by atoms with Gasteiger partial charge in [-0.2, -0.15) is 0 Å². The SMILES string of the molecule is CCCCC1(CN)CCCOC1. The highest BCUT2D eigenvalue weighted by Crippen LogP contribution is 2.32. The summed E-state index contributed by atoms with van der Waals surface area (Å²) in [7, 11) is 0. The third kappa shape index (κ3) is 2.46. The van der Waals surface area contributed by atoms with Crippen molar-refractivity contribution in [3.63, 3.8) is 0 Å². The number of nitrogens with two attached hydrogens (primary N) is 1. The first-order valence-corrected chi connectivity index (χ1v) is 5.11. The Labute approximate surface area is 75.5 Å². The Morgan fingerprint density at radius 1 is 1.50 bits per heavy atom. The zero-order chi connectivity index (χ0) is 8.86. The summed E-state index contributed by atoms with van der Waals surface area (Å²) in [6.07, 6.45) is 6.27. The Hall–Kier alpha value is -0.0800. The molecule has 1 aliphatic rings. The van der Waals surface area contributed by atoms with Crippen LogP contribution in [0.3, 0.4) is 0 Å². The monoisotopic (exact) mass is 171 g/mol. The van der Waals surface area contributed by atoms with Gasteiger partial charge in [0.25, 0.3) is 0 Å². The van der Waals surface area contributed by atoms with E-state index in [9.17, 15) is 0 Å². The molecular formula is C10H21NO. The van der Waals surface area contributed by atoms with Gasteiger partial charge in [-0.15, -0.1) is 0 Å². The van der Waals surface area contributed by atoms with Crippen molar-refractivity contribution >= 4 is 0 Å². The standard InChI is InChI=1S/C10H21NO/c1-2-3-5-10(8-11)6-4-7-12-9-10/h2-9,11H2,1H3. The van der Waals surface area contributed by atoms with E-state index < -0.39 is 0 Å².